The third-order valence-corrected chi connectivity index (χ3v) is 4.53. The van der Waals surface area contributed by atoms with Crippen LogP contribution in [0.15, 0.2) is 36.8 Å². The van der Waals surface area contributed by atoms with Gasteiger partial charge in [0.05, 0.1) is 6.54 Å². The van der Waals surface area contributed by atoms with Crippen LogP contribution in [-0.4, -0.2) is 24.7 Å². The number of aromatic nitrogens is 5. The molecule has 0 unspecified atom stereocenters. The topological polar surface area (TPSA) is 56.5 Å². The molecule has 0 aliphatic heterocycles. The van der Waals surface area contributed by atoms with E-state index in [1.807, 2.05) is 22.9 Å². The Labute approximate surface area is 139 Å². The lowest BCUT2D eigenvalue weighted by molar-refractivity contribution is 0.595. The van der Waals surface area contributed by atoms with E-state index in [2.05, 4.69) is 15.0 Å². The lowest BCUT2D eigenvalue weighted by Gasteiger charge is -2.14. The van der Waals surface area contributed by atoms with Crippen LogP contribution < -0.4 is 0 Å². The van der Waals surface area contributed by atoms with Gasteiger partial charge in [-0.1, -0.05) is 17.7 Å². The van der Waals surface area contributed by atoms with E-state index in [1.54, 1.807) is 18.6 Å². The fourth-order valence-electron chi connectivity index (χ4n) is 3.10. The summed E-state index contributed by atoms with van der Waals surface area (Å²) >= 11 is 6.20. The summed E-state index contributed by atoms with van der Waals surface area (Å²) in [6.45, 7) is 0.627. The van der Waals surface area contributed by atoms with E-state index in [0.717, 1.165) is 24.1 Å². The van der Waals surface area contributed by atoms with Crippen LogP contribution in [0.2, 0.25) is 5.15 Å². The molecule has 0 saturated heterocycles. The van der Waals surface area contributed by atoms with Crippen molar-refractivity contribution < 1.29 is 0 Å². The molecule has 116 valence electrons. The van der Waals surface area contributed by atoms with E-state index < -0.39 is 0 Å². The monoisotopic (exact) mass is 325 g/mol. The molecule has 0 radical (unpaired) electrons. The summed E-state index contributed by atoms with van der Waals surface area (Å²) in [7, 11) is 0. The number of fused-ring (bicyclic) bond motifs is 1. The zero-order valence-electron chi connectivity index (χ0n) is 12.6. The van der Waals surface area contributed by atoms with Crippen molar-refractivity contribution in [1.29, 1.82) is 0 Å². The molecular formula is C17H16ClN5. The van der Waals surface area contributed by atoms with Gasteiger partial charge in [0.25, 0.3) is 0 Å². The molecule has 6 heteroatoms. The fourth-order valence-corrected chi connectivity index (χ4v) is 3.28. The van der Waals surface area contributed by atoms with E-state index in [9.17, 15) is 0 Å². The maximum absolute atomic E-state index is 6.20. The molecule has 3 aromatic rings. The van der Waals surface area contributed by atoms with Gasteiger partial charge in [-0.05, 0) is 37.8 Å². The second-order valence-corrected chi connectivity index (χ2v) is 6.02. The molecular weight excluding hydrogens is 310 g/mol. The maximum Gasteiger partial charge on any atom is 0.180 e. The van der Waals surface area contributed by atoms with Gasteiger partial charge < -0.3 is 0 Å². The first-order valence-corrected chi connectivity index (χ1v) is 8.16. The first-order chi connectivity index (χ1) is 11.3. The molecule has 0 bridgehead atoms. The fraction of sp³-hybridized carbons (Fsp3) is 0.294. The lowest BCUT2D eigenvalue weighted by Crippen LogP contribution is -2.10. The van der Waals surface area contributed by atoms with Crippen LogP contribution in [0.5, 0.6) is 0 Å². The van der Waals surface area contributed by atoms with E-state index in [1.165, 1.54) is 24.1 Å². The van der Waals surface area contributed by atoms with Gasteiger partial charge in [0.1, 0.15) is 10.8 Å². The molecule has 5 nitrogen and oxygen atoms in total. The Morgan fingerprint density at radius 3 is 2.61 bits per heavy atom. The Morgan fingerprint density at radius 1 is 1.00 bits per heavy atom. The smallest absolute Gasteiger partial charge is 0.180 e. The van der Waals surface area contributed by atoms with Gasteiger partial charge in [0.2, 0.25) is 0 Å². The van der Waals surface area contributed by atoms with E-state index >= 15 is 0 Å². The summed E-state index contributed by atoms with van der Waals surface area (Å²) < 4.78 is 2.04. The number of nitrogens with zero attached hydrogens (tertiary/aromatic N) is 5. The lowest BCUT2D eigenvalue weighted by atomic mass is 9.95. The Morgan fingerprint density at radius 2 is 1.78 bits per heavy atom. The average Bonchev–Trinajstić information content (AvgIpc) is 2.97. The first kappa shape index (κ1) is 14.3. The number of pyridine rings is 1. The zero-order chi connectivity index (χ0) is 15.6. The molecule has 23 heavy (non-hydrogen) atoms. The Balaban J connectivity index is 1.79. The minimum absolute atomic E-state index is 0.532. The highest BCUT2D eigenvalue weighted by Gasteiger charge is 2.23. The van der Waals surface area contributed by atoms with Gasteiger partial charge in [-0.15, -0.1) is 0 Å². The summed E-state index contributed by atoms with van der Waals surface area (Å²) in [5.41, 5.74) is 4.44. The average molecular weight is 326 g/mol. The van der Waals surface area contributed by atoms with Crippen LogP contribution in [0.1, 0.15) is 29.7 Å². The van der Waals surface area contributed by atoms with Crippen molar-refractivity contribution in [1.82, 2.24) is 24.7 Å². The Hall–Kier alpha value is -2.27. The van der Waals surface area contributed by atoms with Crippen LogP contribution >= 0.6 is 11.6 Å². The van der Waals surface area contributed by atoms with E-state index in [4.69, 9.17) is 16.7 Å². The molecule has 3 heterocycles. The van der Waals surface area contributed by atoms with Gasteiger partial charge >= 0.3 is 0 Å². The zero-order valence-corrected chi connectivity index (χ0v) is 13.4. The third kappa shape index (κ3) is 2.72. The molecule has 0 saturated carbocycles. The van der Waals surface area contributed by atoms with Gasteiger partial charge in [-0.3, -0.25) is 4.68 Å². The number of rotatable bonds is 3. The highest BCUT2D eigenvalue weighted by atomic mass is 35.5. The van der Waals surface area contributed by atoms with E-state index in [0.29, 0.717) is 17.5 Å². The molecule has 0 fully saturated rings. The van der Waals surface area contributed by atoms with Crippen LogP contribution in [-0.2, 0) is 19.4 Å². The number of halogens is 1. The highest BCUT2D eigenvalue weighted by molar-refractivity contribution is 6.30. The van der Waals surface area contributed by atoms with Crippen LogP contribution in [0.25, 0.3) is 11.5 Å². The number of hydrogen-bond acceptors (Lipinski definition) is 4. The van der Waals surface area contributed by atoms with Gasteiger partial charge in [0, 0.05) is 35.4 Å². The van der Waals surface area contributed by atoms with Crippen molar-refractivity contribution in [3.8, 4) is 11.5 Å². The van der Waals surface area contributed by atoms with Crippen LogP contribution in [0, 0.1) is 0 Å². The van der Waals surface area contributed by atoms with Gasteiger partial charge in [-0.25, -0.2) is 15.0 Å². The van der Waals surface area contributed by atoms with Crippen LogP contribution in [0.4, 0.5) is 0 Å². The molecule has 0 atom stereocenters. The minimum atomic E-state index is 0.532. The highest BCUT2D eigenvalue weighted by Crippen LogP contribution is 2.30. The van der Waals surface area contributed by atoms with Gasteiger partial charge in [0.15, 0.2) is 5.82 Å². The Bertz CT molecular complexity index is 828. The van der Waals surface area contributed by atoms with Crippen molar-refractivity contribution in [2.75, 3.05) is 0 Å². The first-order valence-electron chi connectivity index (χ1n) is 7.78. The molecule has 1 aliphatic rings. The second-order valence-electron chi connectivity index (χ2n) is 5.66. The SMILES string of the molecule is Clc1ncccc1Cn1nc(-c2ncccn2)c2c1CCCC2. The molecule has 0 N–H and O–H groups in total. The minimum Gasteiger partial charge on any atom is -0.264 e. The number of hydrogen-bond donors (Lipinski definition) is 0. The molecule has 0 spiro atoms. The summed E-state index contributed by atoms with van der Waals surface area (Å²) in [5.74, 6) is 0.696. The second kappa shape index (κ2) is 6.08. The standard InChI is InChI=1S/C17H16ClN5/c18-16-12(5-3-8-19-16)11-23-14-7-2-1-6-13(14)15(22-23)17-20-9-4-10-21-17/h3-5,8-10H,1-2,6-7,11H2. The predicted octanol–water partition coefficient (Wildman–Crippen LogP) is 3.32. The summed E-state index contributed by atoms with van der Waals surface area (Å²) in [6.07, 6.45) is 9.66. The largest absolute Gasteiger partial charge is 0.264 e. The van der Waals surface area contributed by atoms with E-state index in [-0.39, 0.29) is 0 Å². The van der Waals surface area contributed by atoms with Crippen molar-refractivity contribution in [2.45, 2.75) is 32.2 Å². The third-order valence-electron chi connectivity index (χ3n) is 4.19. The summed E-state index contributed by atoms with van der Waals surface area (Å²) in [6, 6.07) is 5.71. The molecule has 1 aliphatic carbocycles. The predicted molar refractivity (Wildman–Crippen MR) is 88.2 cm³/mol. The van der Waals surface area contributed by atoms with Crippen molar-refractivity contribution >= 4 is 11.6 Å². The maximum atomic E-state index is 6.20. The Kier molecular flexibility index (Phi) is 3.79. The van der Waals surface area contributed by atoms with Gasteiger partial charge in [-0.2, -0.15) is 5.10 Å². The van der Waals surface area contributed by atoms with Crippen LogP contribution in [0.3, 0.4) is 0 Å². The van der Waals surface area contributed by atoms with Crippen molar-refractivity contribution in [2.24, 2.45) is 0 Å². The van der Waals surface area contributed by atoms with Crippen molar-refractivity contribution in [3.05, 3.63) is 58.8 Å². The summed E-state index contributed by atoms with van der Waals surface area (Å²) in [5, 5.41) is 5.34. The normalized spacial score (nSPS) is 13.8. The quantitative estimate of drug-likeness (QED) is 0.693. The molecule has 0 aromatic carbocycles. The molecule has 0 amide bonds. The summed E-state index contributed by atoms with van der Waals surface area (Å²) in [4.78, 5) is 12.9. The molecule has 4 rings (SSSR count). The molecule has 3 aromatic heterocycles. The van der Waals surface area contributed by atoms with Crippen molar-refractivity contribution in [3.63, 3.8) is 0 Å².